The van der Waals surface area contributed by atoms with Crippen molar-refractivity contribution in [2.24, 2.45) is 0 Å². The van der Waals surface area contributed by atoms with Crippen molar-refractivity contribution in [2.45, 2.75) is 45.3 Å². The second-order valence-corrected chi connectivity index (χ2v) is 5.32. The maximum atomic E-state index is 11.9. The van der Waals surface area contributed by atoms with E-state index in [-0.39, 0.29) is 30.1 Å². The van der Waals surface area contributed by atoms with E-state index in [0.29, 0.717) is 0 Å². The van der Waals surface area contributed by atoms with Crippen LogP contribution in [0.4, 0.5) is 0 Å². The van der Waals surface area contributed by atoms with Gasteiger partial charge in [0.15, 0.2) is 0 Å². The Bertz CT molecular complexity index is 247. The van der Waals surface area contributed by atoms with Crippen LogP contribution >= 0.6 is 0 Å². The van der Waals surface area contributed by atoms with Gasteiger partial charge < -0.3 is 10.0 Å². The molecule has 1 amide bonds. The maximum Gasteiger partial charge on any atom is 0.242 e. The van der Waals surface area contributed by atoms with Gasteiger partial charge in [0.1, 0.15) is 6.04 Å². The summed E-state index contributed by atoms with van der Waals surface area (Å²) in [5.41, 5.74) is -0.0847. The predicted molar refractivity (Wildman–Crippen MR) is 59.6 cm³/mol. The Hall–Kier alpha value is -0.610. The van der Waals surface area contributed by atoms with Gasteiger partial charge in [0.25, 0.3) is 0 Å². The lowest BCUT2D eigenvalue weighted by molar-refractivity contribution is -0.150. The standard InChI is InChI=1S/C11H22N2O2/c1-8-6-13(11(2,3)4)9(7-14)10(15)12(8)5/h8-9,14H,6-7H2,1-5H3. The number of carbonyl (C=O) groups excluding carboxylic acids is 1. The van der Waals surface area contributed by atoms with Crippen LogP contribution in [0.15, 0.2) is 0 Å². The van der Waals surface area contributed by atoms with E-state index >= 15 is 0 Å². The van der Waals surface area contributed by atoms with Crippen LogP contribution < -0.4 is 0 Å². The molecule has 0 spiro atoms. The second-order valence-electron chi connectivity index (χ2n) is 5.32. The Kier molecular flexibility index (Phi) is 3.41. The van der Waals surface area contributed by atoms with Gasteiger partial charge in [-0.05, 0) is 27.7 Å². The van der Waals surface area contributed by atoms with Crippen molar-refractivity contribution in [3.63, 3.8) is 0 Å². The first-order valence-corrected chi connectivity index (χ1v) is 5.43. The van der Waals surface area contributed by atoms with Gasteiger partial charge in [-0.15, -0.1) is 0 Å². The molecule has 4 heteroatoms. The molecule has 0 saturated carbocycles. The summed E-state index contributed by atoms with van der Waals surface area (Å²) in [6.45, 7) is 8.96. The number of rotatable bonds is 1. The zero-order valence-corrected chi connectivity index (χ0v) is 10.3. The van der Waals surface area contributed by atoms with Crippen molar-refractivity contribution in [3.05, 3.63) is 0 Å². The molecule has 0 radical (unpaired) electrons. The molecule has 15 heavy (non-hydrogen) atoms. The molecule has 0 aromatic heterocycles. The van der Waals surface area contributed by atoms with Crippen LogP contribution in [0.1, 0.15) is 27.7 Å². The molecule has 2 unspecified atom stereocenters. The fourth-order valence-corrected chi connectivity index (χ4v) is 2.04. The number of piperazine rings is 1. The average Bonchev–Trinajstić information content (AvgIpc) is 2.12. The van der Waals surface area contributed by atoms with Crippen LogP contribution in [0.3, 0.4) is 0 Å². The highest BCUT2D eigenvalue weighted by atomic mass is 16.3. The number of amides is 1. The Morgan fingerprint density at radius 3 is 2.40 bits per heavy atom. The third-order valence-corrected chi connectivity index (χ3v) is 3.17. The molecule has 1 aliphatic rings. The highest BCUT2D eigenvalue weighted by molar-refractivity contribution is 5.83. The number of aliphatic hydroxyl groups excluding tert-OH is 1. The fourth-order valence-electron chi connectivity index (χ4n) is 2.04. The summed E-state index contributed by atoms with van der Waals surface area (Å²) in [6.07, 6.45) is 0. The molecule has 88 valence electrons. The van der Waals surface area contributed by atoms with E-state index in [1.807, 2.05) is 6.92 Å². The molecule has 1 rings (SSSR count). The third kappa shape index (κ3) is 2.32. The summed E-state index contributed by atoms with van der Waals surface area (Å²) in [4.78, 5) is 15.8. The van der Waals surface area contributed by atoms with Crippen LogP contribution in [-0.4, -0.2) is 58.6 Å². The minimum atomic E-state index is -0.383. The first-order chi connectivity index (χ1) is 6.79. The summed E-state index contributed by atoms with van der Waals surface area (Å²) in [5, 5.41) is 9.31. The van der Waals surface area contributed by atoms with E-state index in [1.165, 1.54) is 0 Å². The predicted octanol–water partition coefficient (Wildman–Crippen LogP) is 0.308. The number of nitrogens with zero attached hydrogens (tertiary/aromatic N) is 2. The lowest BCUT2D eigenvalue weighted by Gasteiger charge is -2.48. The van der Waals surface area contributed by atoms with Crippen LogP contribution in [0.25, 0.3) is 0 Å². The molecule has 2 atom stereocenters. The van der Waals surface area contributed by atoms with E-state index in [0.717, 1.165) is 6.54 Å². The first kappa shape index (κ1) is 12.5. The molecule has 0 bridgehead atoms. The van der Waals surface area contributed by atoms with Gasteiger partial charge in [-0.2, -0.15) is 0 Å². The maximum absolute atomic E-state index is 11.9. The molecule has 1 saturated heterocycles. The minimum absolute atomic E-state index is 0.0196. The van der Waals surface area contributed by atoms with Crippen LogP contribution in [-0.2, 0) is 4.79 Å². The molecule has 1 heterocycles. The minimum Gasteiger partial charge on any atom is -0.394 e. The van der Waals surface area contributed by atoms with E-state index in [1.54, 1.807) is 11.9 Å². The lowest BCUT2D eigenvalue weighted by atomic mass is 9.98. The summed E-state index contributed by atoms with van der Waals surface area (Å²) in [5.74, 6) is 0.0196. The van der Waals surface area contributed by atoms with Crippen molar-refractivity contribution in [1.82, 2.24) is 9.80 Å². The normalized spacial score (nSPS) is 29.7. The zero-order valence-electron chi connectivity index (χ0n) is 10.3. The van der Waals surface area contributed by atoms with Crippen molar-refractivity contribution < 1.29 is 9.90 Å². The van der Waals surface area contributed by atoms with Crippen molar-refractivity contribution in [1.29, 1.82) is 0 Å². The number of aliphatic hydroxyl groups is 1. The van der Waals surface area contributed by atoms with Gasteiger partial charge >= 0.3 is 0 Å². The van der Waals surface area contributed by atoms with Gasteiger partial charge in [0, 0.05) is 25.2 Å². The van der Waals surface area contributed by atoms with Crippen molar-refractivity contribution >= 4 is 5.91 Å². The van der Waals surface area contributed by atoms with E-state index in [2.05, 4.69) is 25.7 Å². The average molecular weight is 214 g/mol. The number of carbonyl (C=O) groups is 1. The highest BCUT2D eigenvalue weighted by Crippen LogP contribution is 2.23. The Labute approximate surface area is 91.9 Å². The van der Waals surface area contributed by atoms with Crippen LogP contribution in [0.5, 0.6) is 0 Å². The Balaban J connectivity index is 2.93. The SMILES string of the molecule is CC1CN(C(C)(C)C)C(CO)C(=O)N1C. The molecular weight excluding hydrogens is 192 g/mol. The molecule has 1 fully saturated rings. The van der Waals surface area contributed by atoms with Gasteiger partial charge in [0.05, 0.1) is 6.61 Å². The molecule has 1 N–H and O–H groups in total. The molecule has 1 aliphatic heterocycles. The Morgan fingerprint density at radius 1 is 1.47 bits per heavy atom. The first-order valence-electron chi connectivity index (χ1n) is 5.43. The summed E-state index contributed by atoms with van der Waals surface area (Å²) in [7, 11) is 1.80. The summed E-state index contributed by atoms with van der Waals surface area (Å²) >= 11 is 0. The smallest absolute Gasteiger partial charge is 0.242 e. The van der Waals surface area contributed by atoms with E-state index < -0.39 is 0 Å². The van der Waals surface area contributed by atoms with Crippen molar-refractivity contribution in [3.8, 4) is 0 Å². The fraction of sp³-hybridized carbons (Fsp3) is 0.909. The van der Waals surface area contributed by atoms with E-state index in [9.17, 15) is 9.90 Å². The molecule has 0 aromatic carbocycles. The largest absolute Gasteiger partial charge is 0.394 e. The van der Waals surface area contributed by atoms with Gasteiger partial charge in [-0.1, -0.05) is 0 Å². The molecule has 0 aromatic rings. The van der Waals surface area contributed by atoms with Gasteiger partial charge in [-0.3, -0.25) is 9.69 Å². The zero-order chi connectivity index (χ0) is 11.8. The molecule has 0 aliphatic carbocycles. The number of hydrogen-bond acceptors (Lipinski definition) is 3. The van der Waals surface area contributed by atoms with Gasteiger partial charge in [-0.25, -0.2) is 0 Å². The van der Waals surface area contributed by atoms with Crippen LogP contribution in [0.2, 0.25) is 0 Å². The highest BCUT2D eigenvalue weighted by Gasteiger charge is 2.40. The van der Waals surface area contributed by atoms with Gasteiger partial charge in [0.2, 0.25) is 5.91 Å². The van der Waals surface area contributed by atoms with Crippen molar-refractivity contribution in [2.75, 3.05) is 20.2 Å². The quantitative estimate of drug-likeness (QED) is 0.683. The lowest BCUT2D eigenvalue weighted by Crippen LogP contribution is -2.65. The summed E-state index contributed by atoms with van der Waals surface area (Å²) in [6, 6.07) is -0.175. The monoisotopic (exact) mass is 214 g/mol. The molecule has 4 nitrogen and oxygen atoms in total. The number of hydrogen-bond donors (Lipinski definition) is 1. The summed E-state index contributed by atoms with van der Waals surface area (Å²) < 4.78 is 0. The van der Waals surface area contributed by atoms with E-state index in [4.69, 9.17) is 0 Å². The number of likely N-dealkylation sites (N-methyl/N-ethyl adjacent to an activating group) is 1. The second kappa shape index (κ2) is 4.10. The van der Waals surface area contributed by atoms with Crippen LogP contribution in [0, 0.1) is 0 Å². The molecular formula is C11H22N2O2. The third-order valence-electron chi connectivity index (χ3n) is 3.17. The topological polar surface area (TPSA) is 43.8 Å². The Morgan fingerprint density at radius 2 is 2.00 bits per heavy atom.